The number of nitrogens with zero attached hydrogens (tertiary/aromatic N) is 1. The van der Waals surface area contributed by atoms with Gasteiger partial charge in [-0.2, -0.15) is 0 Å². The molecular formula is C18H23N3O3S. The summed E-state index contributed by atoms with van der Waals surface area (Å²) in [7, 11) is -3.43. The van der Waals surface area contributed by atoms with E-state index in [1.807, 2.05) is 37.3 Å². The molecule has 0 aromatic heterocycles. The van der Waals surface area contributed by atoms with Crippen molar-refractivity contribution in [3.05, 3.63) is 60.2 Å². The van der Waals surface area contributed by atoms with Gasteiger partial charge in [0.05, 0.1) is 18.5 Å². The Hall–Kier alpha value is -2.54. The van der Waals surface area contributed by atoms with Crippen LogP contribution in [0.4, 0.5) is 16.2 Å². The minimum atomic E-state index is -3.43. The number of urea groups is 1. The van der Waals surface area contributed by atoms with Gasteiger partial charge in [-0.15, -0.1) is 0 Å². The van der Waals surface area contributed by atoms with Gasteiger partial charge >= 0.3 is 6.03 Å². The van der Waals surface area contributed by atoms with Crippen LogP contribution in [0.25, 0.3) is 0 Å². The van der Waals surface area contributed by atoms with E-state index in [0.29, 0.717) is 11.4 Å². The van der Waals surface area contributed by atoms with E-state index in [0.717, 1.165) is 18.2 Å². The van der Waals surface area contributed by atoms with Gasteiger partial charge in [0.1, 0.15) is 0 Å². The number of aryl methyl sites for hydroxylation is 1. The average Bonchev–Trinajstić information content (AvgIpc) is 2.59. The number of nitrogens with one attached hydrogen (secondary N) is 2. The highest BCUT2D eigenvalue weighted by atomic mass is 32.2. The number of anilines is 2. The lowest BCUT2D eigenvalue weighted by atomic mass is 10.1. The first-order chi connectivity index (χ1) is 11.9. The maximum Gasteiger partial charge on any atom is 0.319 e. The molecule has 2 aromatic carbocycles. The predicted octanol–water partition coefficient (Wildman–Crippen LogP) is 2.84. The molecule has 0 heterocycles. The zero-order valence-electron chi connectivity index (χ0n) is 14.4. The molecule has 0 saturated heterocycles. The smallest absolute Gasteiger partial charge is 0.319 e. The van der Waals surface area contributed by atoms with Gasteiger partial charge in [-0.3, -0.25) is 4.31 Å². The first-order valence-electron chi connectivity index (χ1n) is 8.06. The second-order valence-corrected chi connectivity index (χ2v) is 7.51. The van der Waals surface area contributed by atoms with Crippen molar-refractivity contribution in [1.82, 2.24) is 5.32 Å². The topological polar surface area (TPSA) is 78.5 Å². The van der Waals surface area contributed by atoms with Crippen molar-refractivity contribution < 1.29 is 13.2 Å². The molecular weight excluding hydrogens is 338 g/mol. The molecule has 0 aliphatic rings. The van der Waals surface area contributed by atoms with Gasteiger partial charge in [0, 0.05) is 12.2 Å². The fourth-order valence-corrected chi connectivity index (χ4v) is 3.28. The summed E-state index contributed by atoms with van der Waals surface area (Å²) >= 11 is 0. The summed E-state index contributed by atoms with van der Waals surface area (Å²) in [6, 6.07) is 16.1. The zero-order chi connectivity index (χ0) is 18.3. The number of benzene rings is 2. The van der Waals surface area contributed by atoms with Gasteiger partial charge in [-0.05, 0) is 36.2 Å². The number of rotatable bonds is 7. The van der Waals surface area contributed by atoms with Gasteiger partial charge in [-0.25, -0.2) is 13.2 Å². The average molecular weight is 361 g/mol. The van der Waals surface area contributed by atoms with Crippen LogP contribution in [0.5, 0.6) is 0 Å². The highest BCUT2D eigenvalue weighted by Crippen LogP contribution is 2.18. The Morgan fingerprint density at radius 2 is 1.68 bits per heavy atom. The Labute approximate surface area is 148 Å². The monoisotopic (exact) mass is 361 g/mol. The van der Waals surface area contributed by atoms with E-state index >= 15 is 0 Å². The Balaban J connectivity index is 1.95. The molecule has 2 amide bonds. The summed E-state index contributed by atoms with van der Waals surface area (Å²) in [5, 5.41) is 5.36. The van der Waals surface area contributed by atoms with Crippen molar-refractivity contribution in [2.24, 2.45) is 0 Å². The van der Waals surface area contributed by atoms with Gasteiger partial charge in [-0.1, -0.05) is 37.3 Å². The van der Waals surface area contributed by atoms with Crippen LogP contribution in [-0.4, -0.2) is 33.8 Å². The molecule has 2 aromatic rings. The Morgan fingerprint density at radius 1 is 1.04 bits per heavy atom. The third-order valence-electron chi connectivity index (χ3n) is 3.67. The van der Waals surface area contributed by atoms with Crippen molar-refractivity contribution >= 4 is 27.4 Å². The Morgan fingerprint density at radius 3 is 2.24 bits per heavy atom. The number of amides is 2. The van der Waals surface area contributed by atoms with E-state index in [1.165, 1.54) is 4.31 Å². The standard InChI is InChI=1S/C18H23N3O3S/c1-3-15-9-11-17(12-10-15)21(25(2,23)24)14-13-19-18(22)20-16-7-5-4-6-8-16/h4-12H,3,13-14H2,1-2H3,(H2,19,20,22). The molecule has 0 saturated carbocycles. The van der Waals surface area contributed by atoms with Gasteiger partial charge in [0.2, 0.25) is 10.0 Å². The van der Waals surface area contributed by atoms with E-state index in [4.69, 9.17) is 0 Å². The van der Waals surface area contributed by atoms with Gasteiger partial charge in [0.15, 0.2) is 0 Å². The fraction of sp³-hybridized carbons (Fsp3) is 0.278. The van der Waals surface area contributed by atoms with Crippen LogP contribution in [0, 0.1) is 0 Å². The molecule has 0 radical (unpaired) electrons. The van der Waals surface area contributed by atoms with E-state index in [-0.39, 0.29) is 19.1 Å². The molecule has 7 heteroatoms. The number of hydrogen-bond acceptors (Lipinski definition) is 3. The van der Waals surface area contributed by atoms with Gasteiger partial charge < -0.3 is 10.6 Å². The minimum Gasteiger partial charge on any atom is -0.336 e. The van der Waals surface area contributed by atoms with Crippen LogP contribution in [0.3, 0.4) is 0 Å². The number of carbonyl (C=O) groups is 1. The predicted molar refractivity (Wildman–Crippen MR) is 101 cm³/mol. The largest absolute Gasteiger partial charge is 0.336 e. The summed E-state index contributed by atoms with van der Waals surface area (Å²) in [4.78, 5) is 11.9. The molecule has 0 unspecified atom stereocenters. The van der Waals surface area contributed by atoms with Crippen LogP contribution in [0.15, 0.2) is 54.6 Å². The first-order valence-corrected chi connectivity index (χ1v) is 9.91. The van der Waals surface area contributed by atoms with Crippen LogP contribution in [0.1, 0.15) is 12.5 Å². The molecule has 2 N–H and O–H groups in total. The molecule has 0 fully saturated rings. The number of hydrogen-bond donors (Lipinski definition) is 2. The Bertz CT molecular complexity index is 790. The molecule has 0 aliphatic heterocycles. The molecule has 0 atom stereocenters. The van der Waals surface area contributed by atoms with E-state index < -0.39 is 10.0 Å². The molecule has 6 nitrogen and oxygen atoms in total. The van der Waals surface area contributed by atoms with Crippen LogP contribution < -0.4 is 14.9 Å². The maximum atomic E-state index is 12.1. The first kappa shape index (κ1) is 18.8. The van der Waals surface area contributed by atoms with Crippen LogP contribution in [0.2, 0.25) is 0 Å². The van der Waals surface area contributed by atoms with E-state index in [9.17, 15) is 13.2 Å². The van der Waals surface area contributed by atoms with Crippen LogP contribution in [-0.2, 0) is 16.4 Å². The number of sulfonamides is 1. The highest BCUT2D eigenvalue weighted by molar-refractivity contribution is 7.92. The summed E-state index contributed by atoms with van der Waals surface area (Å²) in [5.74, 6) is 0. The SMILES string of the molecule is CCc1ccc(N(CCNC(=O)Nc2ccccc2)S(C)(=O)=O)cc1. The van der Waals surface area contributed by atoms with E-state index in [1.54, 1.807) is 24.3 Å². The van der Waals surface area contributed by atoms with Gasteiger partial charge in [0.25, 0.3) is 0 Å². The highest BCUT2D eigenvalue weighted by Gasteiger charge is 2.17. The molecule has 2 rings (SSSR count). The molecule has 25 heavy (non-hydrogen) atoms. The normalized spacial score (nSPS) is 11.0. The summed E-state index contributed by atoms with van der Waals surface area (Å²) in [6.07, 6.45) is 2.05. The lowest BCUT2D eigenvalue weighted by molar-refractivity contribution is 0.252. The fourth-order valence-electron chi connectivity index (χ4n) is 2.35. The third-order valence-corrected chi connectivity index (χ3v) is 4.86. The third kappa shape index (κ3) is 5.79. The lowest BCUT2D eigenvalue weighted by Crippen LogP contribution is -2.39. The second-order valence-electron chi connectivity index (χ2n) is 5.60. The van der Waals surface area contributed by atoms with Crippen molar-refractivity contribution in [1.29, 1.82) is 0 Å². The molecule has 0 aliphatic carbocycles. The van der Waals surface area contributed by atoms with E-state index in [2.05, 4.69) is 10.6 Å². The Kier molecular flexibility index (Phi) is 6.41. The number of para-hydroxylation sites is 1. The molecule has 0 bridgehead atoms. The zero-order valence-corrected chi connectivity index (χ0v) is 15.2. The summed E-state index contributed by atoms with van der Waals surface area (Å²) in [5.41, 5.74) is 2.40. The minimum absolute atomic E-state index is 0.159. The van der Waals surface area contributed by atoms with Crippen LogP contribution >= 0.6 is 0 Å². The second kappa shape index (κ2) is 8.53. The van der Waals surface area contributed by atoms with Crippen molar-refractivity contribution in [3.63, 3.8) is 0 Å². The summed E-state index contributed by atoms with van der Waals surface area (Å²) < 4.78 is 25.4. The van der Waals surface area contributed by atoms with Crippen molar-refractivity contribution in [2.45, 2.75) is 13.3 Å². The molecule has 134 valence electrons. The summed E-state index contributed by atoms with van der Waals surface area (Å²) in [6.45, 7) is 2.40. The maximum absolute atomic E-state index is 12.1. The molecule has 0 spiro atoms. The van der Waals surface area contributed by atoms with Crippen molar-refractivity contribution in [2.75, 3.05) is 29.0 Å². The van der Waals surface area contributed by atoms with Crippen molar-refractivity contribution in [3.8, 4) is 0 Å². The lowest BCUT2D eigenvalue weighted by Gasteiger charge is -2.23. The quantitative estimate of drug-likeness (QED) is 0.796. The number of carbonyl (C=O) groups excluding carboxylic acids is 1.